The number of hydrogen-bond donors (Lipinski definition) is 1. The Morgan fingerprint density at radius 2 is 1.97 bits per heavy atom. The number of hydrogen-bond acceptors (Lipinski definition) is 5. The van der Waals surface area contributed by atoms with E-state index in [9.17, 15) is 19.7 Å². The van der Waals surface area contributed by atoms with Gasteiger partial charge in [0.05, 0.1) is 22.8 Å². The van der Waals surface area contributed by atoms with Crippen LogP contribution in [0.2, 0.25) is 0 Å². The summed E-state index contributed by atoms with van der Waals surface area (Å²) >= 11 is 0. The van der Waals surface area contributed by atoms with Gasteiger partial charge < -0.3 is 15.0 Å². The first-order valence-corrected chi connectivity index (χ1v) is 9.94. The normalized spacial score (nSPS) is 13.7. The minimum atomic E-state index is -0.780. The lowest BCUT2D eigenvalue weighted by Gasteiger charge is -2.27. The number of carbonyl (C=O) groups excluding carboxylic acids is 2. The second kappa shape index (κ2) is 8.94. The van der Waals surface area contributed by atoms with Crippen molar-refractivity contribution in [3.05, 3.63) is 63.7 Å². The summed E-state index contributed by atoms with van der Waals surface area (Å²) in [5, 5.41) is 14.0. The number of nitro benzene ring substituents is 1. The summed E-state index contributed by atoms with van der Waals surface area (Å²) in [6.45, 7) is 6.37. The fourth-order valence-electron chi connectivity index (χ4n) is 3.55. The molecule has 0 unspecified atom stereocenters. The van der Waals surface area contributed by atoms with Crippen molar-refractivity contribution in [2.45, 2.75) is 33.2 Å². The monoisotopic (exact) mass is 411 g/mol. The van der Waals surface area contributed by atoms with E-state index in [0.29, 0.717) is 36.6 Å². The molecule has 0 bridgehead atoms. The molecule has 0 aliphatic carbocycles. The van der Waals surface area contributed by atoms with Gasteiger partial charge in [0, 0.05) is 18.7 Å². The average molecular weight is 411 g/mol. The molecule has 0 aromatic heterocycles. The number of fused-ring (bicyclic) bond motifs is 1. The van der Waals surface area contributed by atoms with Crippen molar-refractivity contribution in [1.29, 1.82) is 0 Å². The summed E-state index contributed by atoms with van der Waals surface area (Å²) < 4.78 is 5.52. The van der Waals surface area contributed by atoms with Gasteiger partial charge in [0.15, 0.2) is 0 Å². The molecule has 2 aromatic rings. The molecular formula is C22H25N3O5. The number of ether oxygens (including phenoxy) is 1. The molecule has 30 heavy (non-hydrogen) atoms. The van der Waals surface area contributed by atoms with Gasteiger partial charge in [-0.15, -0.1) is 0 Å². The summed E-state index contributed by atoms with van der Waals surface area (Å²) in [6.07, 6.45) is 0.616. The maximum atomic E-state index is 13.3. The Kier molecular flexibility index (Phi) is 6.34. The number of anilines is 1. The van der Waals surface area contributed by atoms with Crippen molar-refractivity contribution in [3.63, 3.8) is 0 Å². The van der Waals surface area contributed by atoms with Crippen LogP contribution in [-0.4, -0.2) is 35.9 Å². The largest absolute Gasteiger partial charge is 0.493 e. The van der Waals surface area contributed by atoms with Crippen LogP contribution in [0.15, 0.2) is 42.5 Å². The third-order valence-electron chi connectivity index (χ3n) is 5.09. The molecule has 8 nitrogen and oxygen atoms in total. The molecule has 0 saturated carbocycles. The highest BCUT2D eigenvalue weighted by Gasteiger charge is 2.34. The molecule has 1 atom stereocenters. The molecule has 0 fully saturated rings. The van der Waals surface area contributed by atoms with Gasteiger partial charge in [-0.05, 0) is 37.0 Å². The van der Waals surface area contributed by atoms with Crippen LogP contribution in [0.4, 0.5) is 11.4 Å². The number of carbonyl (C=O) groups is 2. The zero-order valence-corrected chi connectivity index (χ0v) is 17.3. The first-order valence-electron chi connectivity index (χ1n) is 9.94. The molecule has 1 N–H and O–H groups in total. The Morgan fingerprint density at radius 1 is 1.23 bits per heavy atom. The molecule has 0 saturated heterocycles. The first kappa shape index (κ1) is 21.3. The van der Waals surface area contributed by atoms with Gasteiger partial charge in [0.1, 0.15) is 11.8 Å². The molecule has 8 heteroatoms. The van der Waals surface area contributed by atoms with E-state index >= 15 is 0 Å². The van der Waals surface area contributed by atoms with Gasteiger partial charge in [-0.25, -0.2) is 0 Å². The lowest BCUT2D eigenvalue weighted by Crippen LogP contribution is -2.51. The molecule has 1 heterocycles. The highest BCUT2D eigenvalue weighted by atomic mass is 16.6. The van der Waals surface area contributed by atoms with Crippen molar-refractivity contribution >= 4 is 23.2 Å². The molecule has 1 aliphatic rings. The van der Waals surface area contributed by atoms with Gasteiger partial charge in [0.25, 0.3) is 11.6 Å². The molecular weight excluding hydrogens is 386 g/mol. The third-order valence-corrected chi connectivity index (χ3v) is 5.09. The highest BCUT2D eigenvalue weighted by molar-refractivity contribution is 6.04. The van der Waals surface area contributed by atoms with E-state index in [1.54, 1.807) is 30.3 Å². The second-order valence-electron chi connectivity index (χ2n) is 7.43. The lowest BCUT2D eigenvalue weighted by atomic mass is 10.0. The van der Waals surface area contributed by atoms with E-state index in [-0.39, 0.29) is 17.5 Å². The Morgan fingerprint density at radius 3 is 2.63 bits per heavy atom. The predicted molar refractivity (Wildman–Crippen MR) is 113 cm³/mol. The summed E-state index contributed by atoms with van der Waals surface area (Å²) in [4.78, 5) is 38.4. The molecule has 0 radical (unpaired) electrons. The Hall–Kier alpha value is -3.42. The van der Waals surface area contributed by atoms with Gasteiger partial charge in [-0.3, -0.25) is 19.7 Å². The third kappa shape index (κ3) is 4.27. The summed E-state index contributed by atoms with van der Waals surface area (Å²) in [7, 11) is 0. The zero-order valence-electron chi connectivity index (χ0n) is 17.3. The summed E-state index contributed by atoms with van der Waals surface area (Å²) in [5.41, 5.74) is 1.70. The van der Waals surface area contributed by atoms with E-state index in [1.165, 1.54) is 17.0 Å². The Bertz CT molecular complexity index is 973. The smallest absolute Gasteiger partial charge is 0.271 e. The van der Waals surface area contributed by atoms with Crippen LogP contribution in [0, 0.1) is 16.0 Å². The minimum Gasteiger partial charge on any atom is -0.493 e. The molecule has 0 spiro atoms. The number of benzene rings is 2. The quantitative estimate of drug-likeness (QED) is 0.556. The fourth-order valence-corrected chi connectivity index (χ4v) is 3.55. The number of nitrogens with zero attached hydrogens (tertiary/aromatic N) is 2. The number of rotatable bonds is 7. The van der Waals surface area contributed by atoms with Crippen LogP contribution in [-0.2, 0) is 11.2 Å². The summed E-state index contributed by atoms with van der Waals surface area (Å²) in [5.74, 6) is -0.408. The number of para-hydroxylation sites is 1. The second-order valence-corrected chi connectivity index (χ2v) is 7.43. The van der Waals surface area contributed by atoms with Crippen molar-refractivity contribution in [2.75, 3.05) is 18.1 Å². The van der Waals surface area contributed by atoms with Crippen LogP contribution in [0.3, 0.4) is 0 Å². The zero-order chi connectivity index (χ0) is 21.8. The molecule has 3 rings (SSSR count). The van der Waals surface area contributed by atoms with Crippen molar-refractivity contribution in [1.82, 2.24) is 5.32 Å². The van der Waals surface area contributed by atoms with E-state index in [4.69, 9.17) is 4.74 Å². The van der Waals surface area contributed by atoms with Crippen LogP contribution in [0.1, 0.15) is 36.7 Å². The molecule has 2 aromatic carbocycles. The minimum absolute atomic E-state index is 0.0655. The molecule has 1 aliphatic heterocycles. The van der Waals surface area contributed by atoms with Crippen molar-refractivity contribution in [2.24, 2.45) is 5.92 Å². The number of nitrogens with one attached hydrogen (secondary N) is 1. The fraction of sp³-hybridized carbons (Fsp3) is 0.364. The Labute approximate surface area is 175 Å². The van der Waals surface area contributed by atoms with Crippen LogP contribution in [0.5, 0.6) is 5.75 Å². The first-order chi connectivity index (χ1) is 14.3. The maximum absolute atomic E-state index is 13.3. The van der Waals surface area contributed by atoms with Crippen LogP contribution < -0.4 is 15.0 Å². The van der Waals surface area contributed by atoms with Crippen molar-refractivity contribution in [3.8, 4) is 5.75 Å². The van der Waals surface area contributed by atoms with Crippen LogP contribution >= 0.6 is 0 Å². The van der Waals surface area contributed by atoms with E-state index < -0.39 is 16.9 Å². The average Bonchev–Trinajstić information content (AvgIpc) is 3.15. The molecule has 158 valence electrons. The predicted octanol–water partition coefficient (Wildman–Crippen LogP) is 3.34. The van der Waals surface area contributed by atoms with Gasteiger partial charge in [-0.2, -0.15) is 0 Å². The standard InChI is InChI=1S/C22H25N3O5/c1-4-30-19-8-6-5-7-17(19)21(26)23-20(14(2)3)22(27)24-12-11-15-9-10-16(25(28)29)13-18(15)24/h5-10,13-14,20H,4,11-12H2,1-3H3,(H,23,26)/t20-/m1/s1. The van der Waals surface area contributed by atoms with Crippen molar-refractivity contribution < 1.29 is 19.2 Å². The number of nitro groups is 1. The van der Waals surface area contributed by atoms with E-state index in [1.807, 2.05) is 20.8 Å². The Balaban J connectivity index is 1.85. The number of non-ortho nitro benzene ring substituents is 1. The SMILES string of the molecule is CCOc1ccccc1C(=O)N[C@@H](C(=O)N1CCc2ccc([N+](=O)[O-])cc21)C(C)C. The highest BCUT2D eigenvalue weighted by Crippen LogP contribution is 2.32. The topological polar surface area (TPSA) is 102 Å². The number of amides is 2. The van der Waals surface area contributed by atoms with E-state index in [0.717, 1.165) is 5.56 Å². The molecule has 2 amide bonds. The van der Waals surface area contributed by atoms with Gasteiger partial charge >= 0.3 is 0 Å². The van der Waals surface area contributed by atoms with Gasteiger partial charge in [0.2, 0.25) is 5.91 Å². The van der Waals surface area contributed by atoms with E-state index in [2.05, 4.69) is 5.32 Å². The van der Waals surface area contributed by atoms with Gasteiger partial charge in [-0.1, -0.05) is 32.0 Å². The van der Waals surface area contributed by atoms with Crippen LogP contribution in [0.25, 0.3) is 0 Å². The lowest BCUT2D eigenvalue weighted by molar-refractivity contribution is -0.384. The summed E-state index contributed by atoms with van der Waals surface area (Å²) in [6, 6.07) is 10.6. The maximum Gasteiger partial charge on any atom is 0.271 e.